The maximum Gasteiger partial charge on any atom is 0.274 e. The Kier molecular flexibility index (Phi) is 5.49. The second-order valence-corrected chi connectivity index (χ2v) is 11.0. The van der Waals surface area contributed by atoms with Crippen molar-refractivity contribution in [3.63, 3.8) is 0 Å². The first-order valence-electron chi connectivity index (χ1n) is 12.3. The van der Waals surface area contributed by atoms with Crippen molar-refractivity contribution in [2.45, 2.75) is 56.6 Å². The molecule has 3 fully saturated rings. The van der Waals surface area contributed by atoms with E-state index in [0.29, 0.717) is 42.0 Å². The molecule has 184 valence electrons. The highest BCUT2D eigenvalue weighted by Crippen LogP contribution is 2.57. The molecular formula is C26H29ClFN5O2. The van der Waals surface area contributed by atoms with E-state index in [1.807, 2.05) is 10.7 Å². The van der Waals surface area contributed by atoms with Crippen LogP contribution < -0.4 is 5.32 Å². The minimum absolute atomic E-state index is 0.0393. The quantitative estimate of drug-likeness (QED) is 0.509. The van der Waals surface area contributed by atoms with E-state index in [4.69, 9.17) is 11.6 Å². The third kappa shape index (κ3) is 4.16. The maximum atomic E-state index is 13.5. The monoisotopic (exact) mass is 497 g/mol. The standard InChI is InChI=1S/C26H29ClFN5O2/c1-32-14-29-23(24(32)25(34)31-19-4-5-21(28)20(27)10-19)16-8-17-11-26(35,12-18(17)9-16)22-6-7-30-33(22)13-15-2-3-15/h4-7,10,14-18,35H,2-3,8-9,11-13H2,1H3,(H,31,34). The summed E-state index contributed by atoms with van der Waals surface area (Å²) >= 11 is 5.87. The van der Waals surface area contributed by atoms with Gasteiger partial charge in [0.25, 0.3) is 5.91 Å². The SMILES string of the molecule is Cn1cnc(C2CC3CC(O)(c4ccnn4CC4CC4)CC3C2)c1C(=O)Nc1ccc(F)c(Cl)c1. The molecule has 9 heteroatoms. The van der Waals surface area contributed by atoms with E-state index in [2.05, 4.69) is 15.4 Å². The van der Waals surface area contributed by atoms with Crippen LogP contribution in [-0.4, -0.2) is 30.3 Å². The largest absolute Gasteiger partial charge is 0.384 e. The van der Waals surface area contributed by atoms with Crippen LogP contribution in [0.5, 0.6) is 0 Å². The van der Waals surface area contributed by atoms with Crippen molar-refractivity contribution in [2.24, 2.45) is 24.8 Å². The molecule has 35 heavy (non-hydrogen) atoms. The molecule has 1 amide bonds. The maximum absolute atomic E-state index is 13.5. The van der Waals surface area contributed by atoms with Gasteiger partial charge in [-0.2, -0.15) is 5.10 Å². The number of nitrogens with one attached hydrogen (secondary N) is 1. The highest BCUT2D eigenvalue weighted by molar-refractivity contribution is 6.31. The second-order valence-electron chi connectivity index (χ2n) is 10.6. The number of fused-ring (bicyclic) bond motifs is 1. The number of rotatable bonds is 6. The molecule has 7 nitrogen and oxygen atoms in total. The summed E-state index contributed by atoms with van der Waals surface area (Å²) in [7, 11) is 1.80. The molecule has 3 aliphatic rings. The van der Waals surface area contributed by atoms with E-state index < -0.39 is 11.4 Å². The van der Waals surface area contributed by atoms with Gasteiger partial charge in [-0.15, -0.1) is 0 Å². The number of carbonyl (C=O) groups is 1. The van der Waals surface area contributed by atoms with Crippen molar-refractivity contribution in [3.8, 4) is 0 Å². The third-order valence-corrected chi connectivity index (χ3v) is 8.40. The smallest absolute Gasteiger partial charge is 0.274 e. The van der Waals surface area contributed by atoms with Gasteiger partial charge in [-0.25, -0.2) is 9.37 Å². The number of amides is 1. The predicted molar refractivity (Wildman–Crippen MR) is 130 cm³/mol. The molecule has 3 aliphatic carbocycles. The Bertz CT molecular complexity index is 1270. The van der Waals surface area contributed by atoms with Crippen molar-refractivity contribution >= 4 is 23.2 Å². The number of anilines is 1. The number of aromatic nitrogens is 4. The molecule has 0 bridgehead atoms. The molecular weight excluding hydrogens is 469 g/mol. The molecule has 2 heterocycles. The molecule has 2 unspecified atom stereocenters. The predicted octanol–water partition coefficient (Wildman–Crippen LogP) is 4.86. The van der Waals surface area contributed by atoms with E-state index in [1.165, 1.54) is 31.0 Å². The van der Waals surface area contributed by atoms with Gasteiger partial charge in [-0.05, 0) is 80.5 Å². The van der Waals surface area contributed by atoms with Crippen molar-refractivity contribution in [2.75, 3.05) is 5.32 Å². The summed E-state index contributed by atoms with van der Waals surface area (Å²) in [6, 6.07) is 6.10. The van der Waals surface area contributed by atoms with Crippen LogP contribution >= 0.6 is 11.6 Å². The van der Waals surface area contributed by atoms with Crippen molar-refractivity contribution in [1.29, 1.82) is 0 Å². The molecule has 0 saturated heterocycles. The fraction of sp³-hybridized carbons (Fsp3) is 0.500. The summed E-state index contributed by atoms with van der Waals surface area (Å²) in [6.45, 7) is 0.897. The number of aliphatic hydroxyl groups is 1. The summed E-state index contributed by atoms with van der Waals surface area (Å²) in [5, 5.41) is 18.9. The van der Waals surface area contributed by atoms with Gasteiger partial charge >= 0.3 is 0 Å². The van der Waals surface area contributed by atoms with Gasteiger partial charge < -0.3 is 15.0 Å². The summed E-state index contributed by atoms with van der Waals surface area (Å²) in [6.07, 6.45) is 9.19. The van der Waals surface area contributed by atoms with E-state index >= 15 is 0 Å². The summed E-state index contributed by atoms with van der Waals surface area (Å²) in [5.41, 5.74) is 1.84. The second kappa shape index (κ2) is 8.45. The van der Waals surface area contributed by atoms with E-state index in [1.54, 1.807) is 24.1 Å². The average molecular weight is 498 g/mol. The van der Waals surface area contributed by atoms with Crippen LogP contribution in [0.25, 0.3) is 0 Å². The first-order chi connectivity index (χ1) is 16.8. The number of nitrogens with zero attached hydrogens (tertiary/aromatic N) is 4. The van der Waals surface area contributed by atoms with Crippen LogP contribution in [0.1, 0.15) is 66.3 Å². The number of imidazole rings is 1. The molecule has 0 aliphatic heterocycles. The first kappa shape index (κ1) is 22.7. The molecule has 1 aromatic carbocycles. The number of carbonyl (C=O) groups excluding carboxylic acids is 1. The zero-order valence-electron chi connectivity index (χ0n) is 19.6. The first-order valence-corrected chi connectivity index (χ1v) is 12.7. The van der Waals surface area contributed by atoms with Gasteiger partial charge in [0, 0.05) is 31.4 Å². The fourth-order valence-corrected chi connectivity index (χ4v) is 6.48. The zero-order chi connectivity index (χ0) is 24.3. The van der Waals surface area contributed by atoms with Gasteiger partial charge in [0.2, 0.25) is 0 Å². The Balaban J connectivity index is 1.17. The zero-order valence-corrected chi connectivity index (χ0v) is 20.4. The minimum atomic E-state index is -0.835. The van der Waals surface area contributed by atoms with Crippen LogP contribution in [0.4, 0.5) is 10.1 Å². The van der Waals surface area contributed by atoms with E-state index in [9.17, 15) is 14.3 Å². The van der Waals surface area contributed by atoms with E-state index in [0.717, 1.165) is 30.8 Å². The number of hydrogen-bond donors (Lipinski definition) is 2. The van der Waals surface area contributed by atoms with Crippen LogP contribution in [0, 0.1) is 23.6 Å². The van der Waals surface area contributed by atoms with Crippen molar-refractivity contribution in [3.05, 3.63) is 64.7 Å². The molecule has 2 aromatic heterocycles. The third-order valence-electron chi connectivity index (χ3n) is 8.11. The van der Waals surface area contributed by atoms with Crippen LogP contribution in [0.2, 0.25) is 5.02 Å². The Morgan fingerprint density at radius 1 is 1.26 bits per heavy atom. The lowest BCUT2D eigenvalue weighted by Gasteiger charge is -2.26. The Hall–Kier alpha value is -2.71. The van der Waals surface area contributed by atoms with E-state index in [-0.39, 0.29) is 16.8 Å². The molecule has 6 rings (SSSR count). The summed E-state index contributed by atoms with van der Waals surface area (Å²) in [4.78, 5) is 17.7. The molecule has 2 atom stereocenters. The molecule has 3 saturated carbocycles. The molecule has 0 radical (unpaired) electrons. The minimum Gasteiger partial charge on any atom is -0.384 e. The number of hydrogen-bond acceptors (Lipinski definition) is 4. The number of aryl methyl sites for hydroxylation is 1. The lowest BCUT2D eigenvalue weighted by Crippen LogP contribution is -2.27. The van der Waals surface area contributed by atoms with Gasteiger partial charge in [-0.3, -0.25) is 9.48 Å². The number of halogens is 2. The molecule has 3 aromatic rings. The highest BCUT2D eigenvalue weighted by atomic mass is 35.5. The van der Waals surface area contributed by atoms with Crippen molar-refractivity contribution in [1.82, 2.24) is 19.3 Å². The van der Waals surface area contributed by atoms with Crippen LogP contribution in [-0.2, 0) is 19.2 Å². The Morgan fingerprint density at radius 3 is 2.69 bits per heavy atom. The summed E-state index contributed by atoms with van der Waals surface area (Å²) in [5.74, 6) is 0.789. The lowest BCUT2D eigenvalue weighted by molar-refractivity contribution is 0.0250. The number of benzene rings is 1. The molecule has 2 N–H and O–H groups in total. The Labute approximate surface area is 208 Å². The van der Waals surface area contributed by atoms with Crippen molar-refractivity contribution < 1.29 is 14.3 Å². The topological polar surface area (TPSA) is 85.0 Å². The lowest BCUT2D eigenvalue weighted by atomic mass is 9.90. The fourth-order valence-electron chi connectivity index (χ4n) is 6.30. The molecule has 0 spiro atoms. The van der Waals surface area contributed by atoms with Gasteiger partial charge in [0.15, 0.2) is 0 Å². The van der Waals surface area contributed by atoms with Crippen LogP contribution in [0.3, 0.4) is 0 Å². The Morgan fingerprint density at radius 2 is 2.00 bits per heavy atom. The summed E-state index contributed by atoms with van der Waals surface area (Å²) < 4.78 is 17.2. The van der Waals surface area contributed by atoms with Gasteiger partial charge in [0.05, 0.1) is 22.7 Å². The van der Waals surface area contributed by atoms with Gasteiger partial charge in [-0.1, -0.05) is 11.6 Å². The normalized spacial score (nSPS) is 27.8. The average Bonchev–Trinajstić information content (AvgIpc) is 3.11. The van der Waals surface area contributed by atoms with Crippen LogP contribution in [0.15, 0.2) is 36.8 Å². The van der Waals surface area contributed by atoms with Gasteiger partial charge in [0.1, 0.15) is 17.1 Å². The highest BCUT2D eigenvalue weighted by Gasteiger charge is 2.51.